The second-order valence-electron chi connectivity index (χ2n) is 5.18. The largest absolute Gasteiger partial charge is 0.481 e. The van der Waals surface area contributed by atoms with E-state index in [0.717, 1.165) is 10.9 Å². The van der Waals surface area contributed by atoms with E-state index in [4.69, 9.17) is 5.11 Å². The highest BCUT2D eigenvalue weighted by Gasteiger charge is 2.10. The Bertz CT molecular complexity index is 651. The van der Waals surface area contributed by atoms with Gasteiger partial charge in [0.15, 0.2) is 0 Å². The van der Waals surface area contributed by atoms with Crippen LogP contribution in [0.5, 0.6) is 0 Å². The van der Waals surface area contributed by atoms with Crippen molar-refractivity contribution < 1.29 is 14.7 Å². The van der Waals surface area contributed by atoms with Crippen molar-refractivity contribution in [3.63, 3.8) is 0 Å². The normalized spacial score (nSPS) is 10.5. The fraction of sp³-hybridized carbons (Fsp3) is 0.294. The van der Waals surface area contributed by atoms with Crippen molar-refractivity contribution in [3.8, 4) is 0 Å². The van der Waals surface area contributed by atoms with Crippen LogP contribution in [0.3, 0.4) is 0 Å². The molecule has 1 N–H and O–H groups in total. The van der Waals surface area contributed by atoms with E-state index in [1.807, 2.05) is 30.3 Å². The first kappa shape index (κ1) is 15.0. The monoisotopic (exact) mass is 285 g/mol. The molecule has 0 atom stereocenters. The summed E-state index contributed by atoms with van der Waals surface area (Å²) in [5.74, 6) is -0.885. The van der Waals surface area contributed by atoms with Gasteiger partial charge < -0.3 is 10.0 Å². The van der Waals surface area contributed by atoms with Gasteiger partial charge in [-0.25, -0.2) is 0 Å². The first-order valence-electron chi connectivity index (χ1n) is 6.99. The maximum absolute atomic E-state index is 11.9. The summed E-state index contributed by atoms with van der Waals surface area (Å²) in [6.07, 6.45) is 0.697. The lowest BCUT2D eigenvalue weighted by Gasteiger charge is -2.17. The number of carboxylic acids is 1. The van der Waals surface area contributed by atoms with Gasteiger partial charge in [-0.3, -0.25) is 9.59 Å². The molecule has 0 fully saturated rings. The van der Waals surface area contributed by atoms with Crippen molar-refractivity contribution >= 4 is 22.6 Å². The number of rotatable bonds is 6. The number of aliphatic carboxylic acids is 1. The van der Waals surface area contributed by atoms with Gasteiger partial charge in [0.25, 0.3) is 0 Å². The fourth-order valence-corrected chi connectivity index (χ4v) is 2.28. The van der Waals surface area contributed by atoms with Crippen LogP contribution in [0.15, 0.2) is 42.5 Å². The second-order valence-corrected chi connectivity index (χ2v) is 5.18. The number of fused-ring (bicyclic) bond motifs is 1. The zero-order valence-electron chi connectivity index (χ0n) is 12.1. The number of carboxylic acid groups (broad SMARTS) is 1. The minimum Gasteiger partial charge on any atom is -0.481 e. The highest BCUT2D eigenvalue weighted by molar-refractivity contribution is 5.83. The minimum atomic E-state index is -0.861. The average molecular weight is 285 g/mol. The maximum atomic E-state index is 11.9. The van der Waals surface area contributed by atoms with E-state index in [0.29, 0.717) is 13.0 Å². The van der Waals surface area contributed by atoms with Crippen LogP contribution < -0.4 is 0 Å². The Labute approximate surface area is 124 Å². The third-order valence-corrected chi connectivity index (χ3v) is 3.44. The zero-order valence-corrected chi connectivity index (χ0v) is 12.1. The molecule has 1 amide bonds. The van der Waals surface area contributed by atoms with Crippen LogP contribution in [-0.2, 0) is 16.1 Å². The number of amides is 1. The number of carbonyl (C=O) groups excluding carboxylic acids is 1. The van der Waals surface area contributed by atoms with E-state index in [1.165, 1.54) is 5.39 Å². The average Bonchev–Trinajstić information content (AvgIpc) is 2.46. The molecule has 0 radical (unpaired) electrons. The SMILES string of the molecule is CN(Cc1ccc2ccccc2c1)C(=O)CCCC(=O)O. The Kier molecular flexibility index (Phi) is 4.93. The Morgan fingerprint density at radius 1 is 1.05 bits per heavy atom. The molecule has 4 heteroatoms. The molecule has 110 valence electrons. The molecule has 0 aromatic heterocycles. The molecule has 0 saturated heterocycles. The van der Waals surface area contributed by atoms with Crippen molar-refractivity contribution in [2.24, 2.45) is 0 Å². The van der Waals surface area contributed by atoms with E-state index >= 15 is 0 Å². The van der Waals surface area contributed by atoms with Gasteiger partial charge in [0, 0.05) is 26.4 Å². The van der Waals surface area contributed by atoms with Crippen molar-refractivity contribution in [2.45, 2.75) is 25.8 Å². The summed E-state index contributed by atoms with van der Waals surface area (Å²) in [5, 5.41) is 10.9. The van der Waals surface area contributed by atoms with Crippen molar-refractivity contribution in [1.29, 1.82) is 0 Å². The molecule has 0 heterocycles. The van der Waals surface area contributed by atoms with Gasteiger partial charge in [-0.1, -0.05) is 36.4 Å². The number of hydrogen-bond donors (Lipinski definition) is 1. The molecule has 21 heavy (non-hydrogen) atoms. The maximum Gasteiger partial charge on any atom is 0.303 e. The molecule has 0 bridgehead atoms. The van der Waals surface area contributed by atoms with Crippen molar-refractivity contribution in [2.75, 3.05) is 7.05 Å². The van der Waals surface area contributed by atoms with Crippen LogP contribution in [0.4, 0.5) is 0 Å². The quantitative estimate of drug-likeness (QED) is 0.887. The van der Waals surface area contributed by atoms with Crippen molar-refractivity contribution in [3.05, 3.63) is 48.0 Å². The summed E-state index contributed by atoms with van der Waals surface area (Å²) in [6.45, 7) is 0.538. The molecule has 2 rings (SSSR count). The molecule has 0 aliphatic carbocycles. The number of hydrogen-bond acceptors (Lipinski definition) is 2. The molecule has 4 nitrogen and oxygen atoms in total. The number of carbonyl (C=O) groups is 2. The summed E-state index contributed by atoms with van der Waals surface area (Å²) < 4.78 is 0. The molecule has 0 aliphatic heterocycles. The van der Waals surface area contributed by atoms with Crippen molar-refractivity contribution in [1.82, 2.24) is 4.90 Å². The Hall–Kier alpha value is -2.36. The second kappa shape index (κ2) is 6.88. The van der Waals surface area contributed by atoms with Gasteiger partial charge in [0.2, 0.25) is 5.91 Å². The first-order valence-corrected chi connectivity index (χ1v) is 6.99. The molecule has 2 aromatic rings. The lowest BCUT2D eigenvalue weighted by Crippen LogP contribution is -2.26. The van der Waals surface area contributed by atoms with Gasteiger partial charge in [-0.2, -0.15) is 0 Å². The fourth-order valence-electron chi connectivity index (χ4n) is 2.28. The van der Waals surface area contributed by atoms with E-state index in [-0.39, 0.29) is 18.7 Å². The summed E-state index contributed by atoms with van der Waals surface area (Å²) >= 11 is 0. The van der Waals surface area contributed by atoms with Crippen LogP contribution in [0, 0.1) is 0 Å². The van der Waals surface area contributed by atoms with E-state index < -0.39 is 5.97 Å². The van der Waals surface area contributed by atoms with Crippen LogP contribution in [-0.4, -0.2) is 28.9 Å². The predicted octanol–water partition coefficient (Wildman–Crippen LogP) is 3.05. The molecular weight excluding hydrogens is 266 g/mol. The van der Waals surface area contributed by atoms with Crippen LogP contribution in [0.1, 0.15) is 24.8 Å². The molecule has 0 unspecified atom stereocenters. The summed E-state index contributed by atoms with van der Waals surface area (Å²) in [6, 6.07) is 14.2. The summed E-state index contributed by atoms with van der Waals surface area (Å²) in [4.78, 5) is 24.0. The third-order valence-electron chi connectivity index (χ3n) is 3.44. The molecule has 2 aromatic carbocycles. The molecule has 0 aliphatic rings. The third kappa shape index (κ3) is 4.31. The number of benzene rings is 2. The van der Waals surface area contributed by atoms with Gasteiger partial charge in [0.05, 0.1) is 0 Å². The van der Waals surface area contributed by atoms with E-state index in [1.54, 1.807) is 11.9 Å². The highest BCUT2D eigenvalue weighted by atomic mass is 16.4. The highest BCUT2D eigenvalue weighted by Crippen LogP contribution is 2.16. The lowest BCUT2D eigenvalue weighted by atomic mass is 10.1. The lowest BCUT2D eigenvalue weighted by molar-refractivity contribution is -0.137. The van der Waals surface area contributed by atoms with Gasteiger partial charge in [-0.15, -0.1) is 0 Å². The predicted molar refractivity (Wildman–Crippen MR) is 81.9 cm³/mol. The molecule has 0 spiro atoms. The van der Waals surface area contributed by atoms with Gasteiger partial charge in [-0.05, 0) is 28.8 Å². The number of nitrogens with zero attached hydrogens (tertiary/aromatic N) is 1. The topological polar surface area (TPSA) is 57.6 Å². The minimum absolute atomic E-state index is 0.0237. The molecule has 0 saturated carbocycles. The van der Waals surface area contributed by atoms with Gasteiger partial charge >= 0.3 is 5.97 Å². The Morgan fingerprint density at radius 3 is 2.48 bits per heavy atom. The van der Waals surface area contributed by atoms with E-state index in [2.05, 4.69) is 12.1 Å². The van der Waals surface area contributed by atoms with Gasteiger partial charge in [0.1, 0.15) is 0 Å². The molecular formula is C17H19NO3. The smallest absolute Gasteiger partial charge is 0.303 e. The Morgan fingerprint density at radius 2 is 1.76 bits per heavy atom. The Balaban J connectivity index is 1.95. The van der Waals surface area contributed by atoms with Crippen LogP contribution in [0.2, 0.25) is 0 Å². The summed E-state index contributed by atoms with van der Waals surface area (Å²) in [7, 11) is 1.75. The van der Waals surface area contributed by atoms with Crippen LogP contribution >= 0.6 is 0 Å². The van der Waals surface area contributed by atoms with Crippen LogP contribution in [0.25, 0.3) is 10.8 Å². The van der Waals surface area contributed by atoms with E-state index in [9.17, 15) is 9.59 Å². The zero-order chi connectivity index (χ0) is 15.2. The standard InChI is InChI=1S/C17H19NO3/c1-18(16(19)7-4-8-17(20)21)12-13-9-10-14-5-2-3-6-15(14)11-13/h2-3,5-6,9-11H,4,7-8,12H2,1H3,(H,20,21). The first-order chi connectivity index (χ1) is 10.1. The summed E-state index contributed by atoms with van der Waals surface area (Å²) in [5.41, 5.74) is 1.07.